The largest absolute Gasteiger partial charge is 0.381 e. The number of amides is 1. The molecule has 1 aliphatic carbocycles. The number of carbonyl (C=O) groups excluding carboxylic acids is 1. The molecule has 1 amide bonds. The number of nitrogens with zero attached hydrogens (tertiary/aromatic N) is 3. The maximum Gasteiger partial charge on any atom is 0.249 e. The minimum absolute atomic E-state index is 0.0334. The van der Waals surface area contributed by atoms with Crippen LogP contribution in [0.25, 0.3) is 0 Å². The zero-order valence-electron chi connectivity index (χ0n) is 14.0. The minimum atomic E-state index is -0.217. The molecule has 1 aliphatic heterocycles. The first-order valence-corrected chi connectivity index (χ1v) is 8.58. The van der Waals surface area contributed by atoms with Gasteiger partial charge in [-0.3, -0.25) is 9.69 Å². The SMILES string of the molecule is CCN(CC(=O)N[C@H](c1nc(C)no1)C1CCOCC1)C1CC1. The topological polar surface area (TPSA) is 80.5 Å². The van der Waals surface area contributed by atoms with Crippen molar-refractivity contribution in [3.05, 3.63) is 11.7 Å². The number of likely N-dealkylation sites (N-methyl/N-ethyl adjacent to an activating group) is 1. The van der Waals surface area contributed by atoms with Gasteiger partial charge >= 0.3 is 0 Å². The molecule has 7 heteroatoms. The van der Waals surface area contributed by atoms with Gasteiger partial charge < -0.3 is 14.6 Å². The third kappa shape index (κ3) is 4.29. The number of aromatic nitrogens is 2. The predicted molar refractivity (Wildman–Crippen MR) is 83.7 cm³/mol. The molecule has 1 aromatic rings. The summed E-state index contributed by atoms with van der Waals surface area (Å²) >= 11 is 0. The van der Waals surface area contributed by atoms with Crippen LogP contribution in [-0.2, 0) is 9.53 Å². The second-order valence-corrected chi connectivity index (χ2v) is 6.47. The lowest BCUT2D eigenvalue weighted by atomic mass is 9.91. The van der Waals surface area contributed by atoms with Crippen LogP contribution in [0.3, 0.4) is 0 Å². The smallest absolute Gasteiger partial charge is 0.249 e. The summed E-state index contributed by atoms with van der Waals surface area (Å²) in [5.74, 6) is 1.42. The van der Waals surface area contributed by atoms with E-state index in [-0.39, 0.29) is 17.9 Å². The first-order valence-electron chi connectivity index (χ1n) is 8.58. The Balaban J connectivity index is 1.66. The molecule has 7 nitrogen and oxygen atoms in total. The summed E-state index contributed by atoms with van der Waals surface area (Å²) in [4.78, 5) is 19.1. The van der Waals surface area contributed by atoms with Crippen LogP contribution in [0.15, 0.2) is 4.52 Å². The fraction of sp³-hybridized carbons (Fsp3) is 0.812. The highest BCUT2D eigenvalue weighted by molar-refractivity contribution is 5.78. The fourth-order valence-electron chi connectivity index (χ4n) is 3.21. The standard InChI is InChI=1S/C16H26N4O3/c1-3-20(13-4-5-13)10-14(21)18-15(12-6-8-22-9-7-12)16-17-11(2)19-23-16/h12-13,15H,3-10H2,1-2H3,(H,18,21)/t15-/m0/s1. The quantitative estimate of drug-likeness (QED) is 0.818. The third-order valence-electron chi connectivity index (χ3n) is 4.68. The van der Waals surface area contributed by atoms with Crippen molar-refractivity contribution in [2.75, 3.05) is 26.3 Å². The summed E-state index contributed by atoms with van der Waals surface area (Å²) in [6.07, 6.45) is 4.19. The minimum Gasteiger partial charge on any atom is -0.381 e. The van der Waals surface area contributed by atoms with Crippen molar-refractivity contribution in [1.29, 1.82) is 0 Å². The van der Waals surface area contributed by atoms with Crippen molar-refractivity contribution in [3.63, 3.8) is 0 Å². The van der Waals surface area contributed by atoms with Crippen molar-refractivity contribution < 1.29 is 14.1 Å². The Morgan fingerprint density at radius 2 is 2.09 bits per heavy atom. The molecule has 2 aliphatic rings. The highest BCUT2D eigenvalue weighted by Gasteiger charge is 2.33. The van der Waals surface area contributed by atoms with Gasteiger partial charge in [-0.25, -0.2) is 0 Å². The molecular formula is C16H26N4O3. The van der Waals surface area contributed by atoms with Crippen LogP contribution in [0.2, 0.25) is 0 Å². The molecule has 23 heavy (non-hydrogen) atoms. The molecule has 0 bridgehead atoms. The molecule has 128 valence electrons. The van der Waals surface area contributed by atoms with Crippen LogP contribution < -0.4 is 5.32 Å². The monoisotopic (exact) mass is 322 g/mol. The molecule has 1 atom stereocenters. The lowest BCUT2D eigenvalue weighted by Gasteiger charge is -2.29. The molecular weight excluding hydrogens is 296 g/mol. The molecule has 0 radical (unpaired) electrons. The van der Waals surface area contributed by atoms with E-state index in [0.717, 1.165) is 19.4 Å². The van der Waals surface area contributed by atoms with Crippen LogP contribution >= 0.6 is 0 Å². The lowest BCUT2D eigenvalue weighted by Crippen LogP contribution is -2.42. The van der Waals surface area contributed by atoms with E-state index in [2.05, 4.69) is 27.3 Å². The molecule has 2 fully saturated rings. The molecule has 0 unspecified atom stereocenters. The third-order valence-corrected chi connectivity index (χ3v) is 4.68. The van der Waals surface area contributed by atoms with E-state index in [1.165, 1.54) is 12.8 Å². The van der Waals surface area contributed by atoms with Gasteiger partial charge in [0.25, 0.3) is 0 Å². The average Bonchev–Trinajstić information content (AvgIpc) is 3.32. The van der Waals surface area contributed by atoms with Gasteiger partial charge in [0.05, 0.1) is 6.54 Å². The first-order chi connectivity index (χ1) is 11.2. The number of ether oxygens (including phenoxy) is 1. The number of nitrogens with one attached hydrogen (secondary N) is 1. The molecule has 1 saturated carbocycles. The van der Waals surface area contributed by atoms with Gasteiger partial charge in [-0.2, -0.15) is 4.98 Å². The molecule has 1 saturated heterocycles. The maximum absolute atomic E-state index is 12.5. The summed E-state index contributed by atoms with van der Waals surface area (Å²) in [7, 11) is 0. The van der Waals surface area contributed by atoms with Crippen molar-refractivity contribution in [1.82, 2.24) is 20.4 Å². The molecule has 1 aromatic heterocycles. The van der Waals surface area contributed by atoms with E-state index >= 15 is 0 Å². The number of hydrogen-bond acceptors (Lipinski definition) is 6. The first kappa shape index (κ1) is 16.4. The van der Waals surface area contributed by atoms with Crippen molar-refractivity contribution >= 4 is 5.91 Å². The number of hydrogen-bond donors (Lipinski definition) is 1. The van der Waals surface area contributed by atoms with Crippen molar-refractivity contribution in [2.45, 2.75) is 51.6 Å². The van der Waals surface area contributed by atoms with E-state index in [0.29, 0.717) is 37.5 Å². The highest BCUT2D eigenvalue weighted by atomic mass is 16.5. The van der Waals surface area contributed by atoms with Crippen LogP contribution in [0.5, 0.6) is 0 Å². The molecule has 1 N–H and O–H groups in total. The Labute approximate surface area is 136 Å². The van der Waals surface area contributed by atoms with Gasteiger partial charge in [0.2, 0.25) is 11.8 Å². The number of carbonyl (C=O) groups is 1. The van der Waals surface area contributed by atoms with Crippen LogP contribution in [0.4, 0.5) is 0 Å². The normalized spacial score (nSPS) is 20.7. The summed E-state index contributed by atoms with van der Waals surface area (Å²) < 4.78 is 10.8. The maximum atomic E-state index is 12.5. The summed E-state index contributed by atoms with van der Waals surface area (Å²) in [5, 5.41) is 7.01. The van der Waals surface area contributed by atoms with Gasteiger partial charge in [0.15, 0.2) is 5.82 Å². The number of rotatable bonds is 7. The van der Waals surface area contributed by atoms with Crippen LogP contribution in [0.1, 0.15) is 50.4 Å². The Bertz CT molecular complexity index is 523. The molecule has 0 aromatic carbocycles. The van der Waals surface area contributed by atoms with Crippen LogP contribution in [0, 0.1) is 12.8 Å². The number of aryl methyl sites for hydroxylation is 1. The average molecular weight is 322 g/mol. The Morgan fingerprint density at radius 1 is 1.35 bits per heavy atom. The lowest BCUT2D eigenvalue weighted by molar-refractivity contribution is -0.124. The zero-order valence-corrected chi connectivity index (χ0v) is 14.0. The van der Waals surface area contributed by atoms with Crippen molar-refractivity contribution in [2.24, 2.45) is 5.92 Å². The van der Waals surface area contributed by atoms with E-state index in [1.807, 2.05) is 0 Å². The molecule has 3 rings (SSSR count). The Hall–Kier alpha value is -1.47. The van der Waals surface area contributed by atoms with Gasteiger partial charge in [-0.05, 0) is 45.1 Å². The molecule has 0 spiro atoms. The Morgan fingerprint density at radius 3 is 2.65 bits per heavy atom. The van der Waals surface area contributed by atoms with Gasteiger partial charge in [-0.15, -0.1) is 0 Å². The predicted octanol–water partition coefficient (Wildman–Crippen LogP) is 1.45. The van der Waals surface area contributed by atoms with E-state index < -0.39 is 0 Å². The van der Waals surface area contributed by atoms with Crippen molar-refractivity contribution in [3.8, 4) is 0 Å². The zero-order chi connectivity index (χ0) is 16.2. The second-order valence-electron chi connectivity index (χ2n) is 6.47. The molecule has 2 heterocycles. The summed E-state index contributed by atoms with van der Waals surface area (Å²) in [5.41, 5.74) is 0. The summed E-state index contributed by atoms with van der Waals surface area (Å²) in [6, 6.07) is 0.364. The summed E-state index contributed by atoms with van der Waals surface area (Å²) in [6.45, 7) is 6.67. The fourth-order valence-corrected chi connectivity index (χ4v) is 3.21. The van der Waals surface area contributed by atoms with Gasteiger partial charge in [0, 0.05) is 19.3 Å². The van der Waals surface area contributed by atoms with E-state index in [4.69, 9.17) is 9.26 Å². The Kier molecular flexibility index (Phi) is 5.27. The second kappa shape index (κ2) is 7.40. The van der Waals surface area contributed by atoms with E-state index in [9.17, 15) is 4.79 Å². The van der Waals surface area contributed by atoms with Gasteiger partial charge in [0.1, 0.15) is 6.04 Å². The van der Waals surface area contributed by atoms with Gasteiger partial charge in [-0.1, -0.05) is 12.1 Å². The van der Waals surface area contributed by atoms with Crippen LogP contribution in [-0.4, -0.2) is 53.3 Å². The van der Waals surface area contributed by atoms with E-state index in [1.54, 1.807) is 6.92 Å². The highest BCUT2D eigenvalue weighted by Crippen LogP contribution is 2.30.